The first-order chi connectivity index (χ1) is 35.2. The first kappa shape index (κ1) is 61.7. The van der Waals surface area contributed by atoms with Gasteiger partial charge >= 0.3 is 23.9 Å². The number of esters is 4. The van der Waals surface area contributed by atoms with E-state index in [-0.39, 0.29) is 62.2 Å². The number of imidazole rings is 1. The summed E-state index contributed by atoms with van der Waals surface area (Å²) >= 11 is 2.14. The number of hydrogen-bond donors (Lipinski definition) is 0. The van der Waals surface area contributed by atoms with E-state index < -0.39 is 96.1 Å². The Kier molecular flexibility index (Phi) is 23.3. The predicted molar refractivity (Wildman–Crippen MR) is 289 cm³/mol. The highest BCUT2D eigenvalue weighted by molar-refractivity contribution is 14.1. The first-order valence-electron chi connectivity index (χ1n) is 25.9. The molecule has 0 bridgehead atoms. The number of halogens is 1. The summed E-state index contributed by atoms with van der Waals surface area (Å²) in [7, 11) is 5.57. The second kappa shape index (κ2) is 28.3. The van der Waals surface area contributed by atoms with Crippen LogP contribution in [-0.2, 0) is 76.7 Å². The lowest BCUT2D eigenvalue weighted by molar-refractivity contribution is -0.176. The molecule has 0 aliphatic carbocycles. The van der Waals surface area contributed by atoms with Gasteiger partial charge in [0, 0.05) is 60.0 Å². The molecule has 0 unspecified atom stereocenters. The molecule has 19 heteroatoms. The molecule has 75 heavy (non-hydrogen) atoms. The highest BCUT2D eigenvalue weighted by Gasteiger charge is 2.43. The molecule has 18 nitrogen and oxygen atoms in total. The van der Waals surface area contributed by atoms with E-state index in [0.29, 0.717) is 17.7 Å². The number of carbonyl (C=O) groups is 8. The molecule has 4 rings (SSSR count). The highest BCUT2D eigenvalue weighted by atomic mass is 127. The Hall–Kier alpha value is -5.86. The maximum absolute atomic E-state index is 14.9. The SMILES string of the molecule is CC(C)C[C@H]1C(=O)O[C@H](Cc2ccc(Cn3ccnc3I)cc2)C(=O)N(C)[C@@H](CC(C)C)C(=O)O[C@H](C)C(=O)N(C)[C@@H](CC(C)C)C(=O)O[C@H](Cc2ccccc2)C(=O)N(C)[C@@H](CC(C)C)C(=O)O[C@H](C)C(=O)N1C. The molecule has 2 heterocycles. The standard InChI is InChI=1S/C56H79IN6O12/c1-33(2)26-42-52(68)72-38(10)49(65)60(12)45(29-36(7)8)55(71)75-47(31-40-20-22-41(23-21-40)32-63-25-24-58-56(63)57)51(67)62(14)43(27-34(3)4)53(69)73-37(9)48(64)59(11)44(28-35(5)6)54(70)74-46(50(66)61(42)13)30-39-18-16-15-17-19-39/h15-25,33-38,42-47H,26-32H2,1-14H3/t37-,38-,42+,43+,44+,45+,46-,47-/m1/s1. The van der Waals surface area contributed by atoms with Gasteiger partial charge in [-0.15, -0.1) is 0 Å². The van der Waals surface area contributed by atoms with Crippen LogP contribution in [0.1, 0.15) is 112 Å². The Morgan fingerprint density at radius 2 is 0.787 bits per heavy atom. The Bertz CT molecular complexity index is 2410. The Balaban J connectivity index is 1.86. The Morgan fingerprint density at radius 3 is 1.12 bits per heavy atom. The van der Waals surface area contributed by atoms with Crippen molar-refractivity contribution in [1.29, 1.82) is 0 Å². The molecule has 412 valence electrons. The van der Waals surface area contributed by atoms with Crippen molar-refractivity contribution in [2.24, 2.45) is 23.7 Å². The number of cyclic esters (lactones) is 4. The molecule has 1 saturated heterocycles. The van der Waals surface area contributed by atoms with Crippen molar-refractivity contribution in [1.82, 2.24) is 29.2 Å². The fourth-order valence-electron chi connectivity index (χ4n) is 8.93. The van der Waals surface area contributed by atoms with Gasteiger partial charge in [-0.1, -0.05) is 110 Å². The van der Waals surface area contributed by atoms with E-state index in [1.165, 1.54) is 42.0 Å². The average Bonchev–Trinajstić information content (AvgIpc) is 3.76. The van der Waals surface area contributed by atoms with E-state index >= 15 is 0 Å². The fourth-order valence-corrected chi connectivity index (χ4v) is 9.42. The van der Waals surface area contributed by atoms with Gasteiger partial charge in [0.25, 0.3) is 23.6 Å². The summed E-state index contributed by atoms with van der Waals surface area (Å²) in [5.41, 5.74) is 2.22. The summed E-state index contributed by atoms with van der Waals surface area (Å²) in [5.74, 6) is -7.27. The minimum Gasteiger partial charge on any atom is -0.451 e. The Morgan fingerprint density at radius 1 is 0.467 bits per heavy atom. The molecule has 1 aliphatic heterocycles. The number of nitrogens with zero attached hydrogens (tertiary/aromatic N) is 6. The largest absolute Gasteiger partial charge is 0.451 e. The summed E-state index contributed by atoms with van der Waals surface area (Å²) in [6.07, 6.45) is -2.18. The normalized spacial score (nSPS) is 24.0. The number of aromatic nitrogens is 2. The topological polar surface area (TPSA) is 204 Å². The van der Waals surface area contributed by atoms with E-state index in [0.717, 1.165) is 29.0 Å². The van der Waals surface area contributed by atoms with Crippen LogP contribution in [0.5, 0.6) is 0 Å². The summed E-state index contributed by atoms with van der Waals surface area (Å²) in [6.45, 7) is 18.1. The van der Waals surface area contributed by atoms with Gasteiger partial charge < -0.3 is 43.1 Å². The van der Waals surface area contributed by atoms with E-state index in [4.69, 9.17) is 18.9 Å². The van der Waals surface area contributed by atoms with Crippen molar-refractivity contribution >= 4 is 70.1 Å². The zero-order chi connectivity index (χ0) is 56.0. The second-order valence-electron chi connectivity index (χ2n) is 21.4. The number of likely N-dealkylation sites (N-methyl/N-ethyl adjacent to an activating group) is 4. The van der Waals surface area contributed by atoms with E-state index in [9.17, 15) is 38.4 Å². The van der Waals surface area contributed by atoms with Crippen molar-refractivity contribution in [2.75, 3.05) is 28.2 Å². The van der Waals surface area contributed by atoms with Crippen LogP contribution in [0.4, 0.5) is 0 Å². The van der Waals surface area contributed by atoms with Gasteiger partial charge in [0.1, 0.15) is 24.2 Å². The van der Waals surface area contributed by atoms with E-state index in [2.05, 4.69) is 27.6 Å². The van der Waals surface area contributed by atoms with Crippen LogP contribution in [0.3, 0.4) is 0 Å². The quantitative estimate of drug-likeness (QED) is 0.0961. The van der Waals surface area contributed by atoms with Crippen molar-refractivity contribution in [2.45, 2.75) is 163 Å². The second-order valence-corrected chi connectivity index (χ2v) is 22.4. The lowest BCUT2D eigenvalue weighted by Gasteiger charge is -2.35. The molecular formula is C56H79IN6O12. The molecule has 8 atom stereocenters. The number of amides is 4. The number of hydrogen-bond acceptors (Lipinski definition) is 13. The van der Waals surface area contributed by atoms with Crippen molar-refractivity contribution in [3.63, 3.8) is 0 Å². The fraction of sp³-hybridized carbons (Fsp3) is 0.589. The van der Waals surface area contributed by atoms with Crippen LogP contribution in [0.2, 0.25) is 0 Å². The predicted octanol–water partition coefficient (Wildman–Crippen LogP) is 6.51. The number of rotatable bonds is 14. The summed E-state index contributed by atoms with van der Waals surface area (Å²) < 4.78 is 26.8. The third-order valence-electron chi connectivity index (χ3n) is 13.2. The smallest absolute Gasteiger partial charge is 0.329 e. The zero-order valence-corrected chi connectivity index (χ0v) is 48.3. The van der Waals surface area contributed by atoms with E-state index in [1.807, 2.05) is 90.4 Å². The minimum atomic E-state index is -1.52. The van der Waals surface area contributed by atoms with E-state index in [1.54, 1.807) is 36.5 Å². The van der Waals surface area contributed by atoms with Crippen LogP contribution < -0.4 is 0 Å². The van der Waals surface area contributed by atoms with Crippen LogP contribution in [0.15, 0.2) is 67.0 Å². The average molecular weight is 1160 g/mol. The lowest BCUT2D eigenvalue weighted by Crippen LogP contribution is -2.55. The van der Waals surface area contributed by atoms with Crippen LogP contribution in [0.25, 0.3) is 0 Å². The van der Waals surface area contributed by atoms with Crippen molar-refractivity contribution < 1.29 is 57.3 Å². The molecule has 0 spiro atoms. The summed E-state index contributed by atoms with van der Waals surface area (Å²) in [6, 6.07) is 11.2. The summed E-state index contributed by atoms with van der Waals surface area (Å²) in [5, 5.41) is 0. The number of ether oxygens (including phenoxy) is 4. The third-order valence-corrected chi connectivity index (χ3v) is 14.1. The molecule has 1 fully saturated rings. The van der Waals surface area contributed by atoms with Crippen molar-refractivity contribution in [3.8, 4) is 0 Å². The molecule has 0 N–H and O–H groups in total. The molecule has 4 amide bonds. The molecule has 0 saturated carbocycles. The van der Waals surface area contributed by atoms with Crippen LogP contribution in [-0.4, -0.2) is 153 Å². The van der Waals surface area contributed by atoms with Crippen LogP contribution >= 0.6 is 22.6 Å². The minimum absolute atomic E-state index is 0.0879. The molecule has 3 aromatic rings. The van der Waals surface area contributed by atoms with Crippen LogP contribution in [0, 0.1) is 27.5 Å². The first-order valence-corrected chi connectivity index (χ1v) is 26.9. The van der Waals surface area contributed by atoms with Gasteiger partial charge in [-0.05, 0) is 102 Å². The van der Waals surface area contributed by atoms with Gasteiger partial charge in [-0.2, -0.15) is 0 Å². The van der Waals surface area contributed by atoms with Gasteiger partial charge in [-0.25, -0.2) is 24.2 Å². The van der Waals surface area contributed by atoms with Gasteiger partial charge in [0.15, 0.2) is 28.2 Å². The molecular weight excluding hydrogens is 1080 g/mol. The summed E-state index contributed by atoms with van der Waals surface area (Å²) in [4.78, 5) is 125. The molecule has 0 radical (unpaired) electrons. The van der Waals surface area contributed by atoms with Crippen molar-refractivity contribution in [3.05, 3.63) is 87.5 Å². The zero-order valence-electron chi connectivity index (χ0n) is 46.2. The molecule has 1 aromatic heterocycles. The highest BCUT2D eigenvalue weighted by Crippen LogP contribution is 2.24. The molecule has 1 aliphatic rings. The monoisotopic (exact) mass is 1150 g/mol. The lowest BCUT2D eigenvalue weighted by atomic mass is 9.99. The maximum atomic E-state index is 14.9. The number of benzene rings is 2. The van der Waals surface area contributed by atoms with Gasteiger partial charge in [0.05, 0.1) is 0 Å². The maximum Gasteiger partial charge on any atom is 0.329 e. The number of carbonyl (C=O) groups excluding carboxylic acids is 8. The molecule has 2 aromatic carbocycles. The third kappa shape index (κ3) is 17.6. The van der Waals surface area contributed by atoms with Gasteiger partial charge in [0.2, 0.25) is 0 Å². The Labute approximate surface area is 456 Å². The van der Waals surface area contributed by atoms with Gasteiger partial charge in [-0.3, -0.25) is 19.2 Å².